The number of aromatic nitrogens is 1. The molecule has 1 heterocycles. The van der Waals surface area contributed by atoms with Gasteiger partial charge in [-0.1, -0.05) is 109 Å². The molecule has 2 amide bonds. The van der Waals surface area contributed by atoms with Gasteiger partial charge < -0.3 is 21.1 Å². The number of fused-ring (bicyclic) bond motifs is 1. The predicted octanol–water partition coefficient (Wildman–Crippen LogP) is 8.32. The van der Waals surface area contributed by atoms with E-state index in [-0.39, 0.29) is 23.7 Å². The Morgan fingerprint density at radius 1 is 0.935 bits per heavy atom. The number of primary amides is 1. The lowest BCUT2D eigenvalue weighted by Gasteiger charge is -2.22. The number of hydrogen-bond acceptors (Lipinski definition) is 7. The number of likely N-dealkylation sites (N-methyl/N-ethyl adjacent to an activating group) is 1. The van der Waals surface area contributed by atoms with Crippen LogP contribution in [0.25, 0.3) is 0 Å². The lowest BCUT2D eigenvalue weighted by atomic mass is 10.1. The fourth-order valence-corrected chi connectivity index (χ4v) is 6.18. The van der Waals surface area contributed by atoms with E-state index >= 15 is 0 Å². The number of rotatable bonds is 16. The second kappa shape index (κ2) is 28.5. The number of terminal acetylenes is 2. The van der Waals surface area contributed by atoms with Crippen molar-refractivity contribution in [2.45, 2.75) is 77.7 Å². The fraction of sp³-hybridized carbons (Fsp3) is 0.314. The van der Waals surface area contributed by atoms with Crippen LogP contribution in [0.4, 0.5) is 4.39 Å². The smallest absolute Gasteiger partial charge is 0.269 e. The molecular weight excluding hydrogens is 799 g/mol. The molecule has 3 atom stereocenters. The van der Waals surface area contributed by atoms with Gasteiger partial charge in [0.2, 0.25) is 5.91 Å². The highest BCUT2D eigenvalue weighted by atomic mass is 35.5. The number of carbonyl (C=O) groups is 2. The number of hydrogen-bond donors (Lipinski definition) is 4. The van der Waals surface area contributed by atoms with Crippen LogP contribution in [0.5, 0.6) is 5.75 Å². The Balaban J connectivity index is 0.000000227. The van der Waals surface area contributed by atoms with Crippen molar-refractivity contribution in [3.05, 3.63) is 166 Å². The number of pyridine rings is 1. The zero-order valence-electron chi connectivity index (χ0n) is 36.3. The van der Waals surface area contributed by atoms with E-state index in [1.54, 1.807) is 25.1 Å². The van der Waals surface area contributed by atoms with Crippen LogP contribution >= 0.6 is 11.6 Å². The van der Waals surface area contributed by atoms with Crippen LogP contribution in [0.15, 0.2) is 121 Å². The normalized spacial score (nSPS) is 13.1. The number of ether oxygens (including phenoxy) is 1. The van der Waals surface area contributed by atoms with Crippen molar-refractivity contribution in [2.75, 3.05) is 26.7 Å². The maximum Gasteiger partial charge on any atom is 0.269 e. The maximum absolute atomic E-state index is 13.1. The number of aryl methyl sites for hydroxylation is 1. The van der Waals surface area contributed by atoms with Gasteiger partial charge in [0, 0.05) is 31.4 Å². The quantitative estimate of drug-likeness (QED) is 0.0737. The molecule has 0 radical (unpaired) electrons. The molecule has 62 heavy (non-hydrogen) atoms. The molecule has 0 saturated carbocycles. The van der Waals surface area contributed by atoms with E-state index in [0.29, 0.717) is 61.3 Å². The standard InChI is InChI=1S/C17H19FN2O2.C13H17N.C12H13N.C9H11ClN2O/c1-12(17(19)21)20-10-13-5-7-16(8-6-13)22-11-14-3-2-4-15(18)9-14;1-4-10-14(3)12(2)11-13-8-6-5-7-9-13;1-2-9-13-12-8-7-10-5-3-4-6-11(10)12;1-2-5-11-9(13)8-4-3-7(10)6-12-8/h2-9,12,20H,10-11H2,1H3,(H2,19,21);1,5-9,12H,10-11H2,2-3H3;1,3-6,12-13H,7-9H2;3-4,6H,2,5H2,1H3,(H,11,13)/t3*12-;/m011./s1. The maximum atomic E-state index is 13.1. The van der Waals surface area contributed by atoms with Crippen molar-refractivity contribution in [3.63, 3.8) is 0 Å². The molecule has 0 aliphatic heterocycles. The summed E-state index contributed by atoms with van der Waals surface area (Å²) >= 11 is 5.63. The van der Waals surface area contributed by atoms with Gasteiger partial charge in [-0.05, 0) is 111 Å². The van der Waals surface area contributed by atoms with Crippen molar-refractivity contribution in [1.29, 1.82) is 0 Å². The molecule has 1 aliphatic rings. The highest BCUT2D eigenvalue weighted by molar-refractivity contribution is 6.30. The van der Waals surface area contributed by atoms with Gasteiger partial charge in [0.25, 0.3) is 5.91 Å². The third-order valence-corrected chi connectivity index (χ3v) is 10.0. The van der Waals surface area contributed by atoms with Crippen LogP contribution in [0.1, 0.15) is 78.0 Å². The Bertz CT molecular complexity index is 2160. The molecule has 0 fully saturated rings. The largest absolute Gasteiger partial charge is 0.489 e. The number of nitrogens with zero attached hydrogens (tertiary/aromatic N) is 2. The number of nitrogens with two attached hydrogens (primary N) is 1. The molecule has 4 aromatic carbocycles. The van der Waals surface area contributed by atoms with Crippen LogP contribution in [-0.4, -0.2) is 60.5 Å². The Morgan fingerprint density at radius 2 is 1.65 bits per heavy atom. The summed E-state index contributed by atoms with van der Waals surface area (Å²) in [6.45, 7) is 8.83. The second-order valence-electron chi connectivity index (χ2n) is 14.7. The van der Waals surface area contributed by atoms with Crippen LogP contribution in [0, 0.1) is 30.5 Å². The molecule has 5 aromatic rings. The number of amides is 2. The van der Waals surface area contributed by atoms with E-state index in [1.165, 1.54) is 47.9 Å². The average molecular weight is 860 g/mol. The van der Waals surface area contributed by atoms with E-state index in [2.05, 4.69) is 100 Å². The number of carbonyl (C=O) groups excluding carboxylic acids is 2. The van der Waals surface area contributed by atoms with Crippen LogP contribution < -0.4 is 26.4 Å². The molecule has 9 nitrogen and oxygen atoms in total. The minimum absolute atomic E-state index is 0.154. The van der Waals surface area contributed by atoms with Crippen molar-refractivity contribution in [2.24, 2.45) is 5.73 Å². The molecule has 0 spiro atoms. The lowest BCUT2D eigenvalue weighted by molar-refractivity contribution is -0.119. The summed E-state index contributed by atoms with van der Waals surface area (Å²) < 4.78 is 18.7. The first-order chi connectivity index (χ1) is 29.9. The zero-order chi connectivity index (χ0) is 45.1. The predicted molar refractivity (Wildman–Crippen MR) is 250 cm³/mol. The molecule has 1 aromatic heterocycles. The van der Waals surface area contributed by atoms with E-state index in [9.17, 15) is 14.0 Å². The summed E-state index contributed by atoms with van der Waals surface area (Å²) in [5, 5.41) is 9.63. The minimum Gasteiger partial charge on any atom is -0.489 e. The molecule has 326 valence electrons. The van der Waals surface area contributed by atoms with E-state index < -0.39 is 0 Å². The Kier molecular flexibility index (Phi) is 23.1. The van der Waals surface area contributed by atoms with Gasteiger partial charge in [-0.3, -0.25) is 19.8 Å². The Labute approximate surface area is 373 Å². The summed E-state index contributed by atoms with van der Waals surface area (Å²) in [6.07, 6.45) is 16.3. The van der Waals surface area contributed by atoms with Crippen LogP contribution in [-0.2, 0) is 30.8 Å². The van der Waals surface area contributed by atoms with Crippen molar-refractivity contribution >= 4 is 23.4 Å². The van der Waals surface area contributed by atoms with Gasteiger partial charge >= 0.3 is 0 Å². The molecule has 5 N–H and O–H groups in total. The Hall–Kier alpha value is -6.01. The van der Waals surface area contributed by atoms with Crippen molar-refractivity contribution in [1.82, 2.24) is 25.8 Å². The molecule has 0 unspecified atom stereocenters. The SMILES string of the molecule is C#CCN(C)[C@H](C)Cc1ccccc1.C#CCN[C@@H]1CCc2ccccc21.CCCNC(=O)c1ccc(Cl)cn1.C[C@H](NCc1ccc(OCc2cccc(F)c2)cc1)C(N)=O. The molecule has 1 aliphatic carbocycles. The van der Waals surface area contributed by atoms with E-state index in [1.807, 2.05) is 43.3 Å². The third kappa shape index (κ3) is 19.1. The molecular formula is C51H60ClFN6O3. The van der Waals surface area contributed by atoms with Crippen molar-refractivity contribution in [3.8, 4) is 30.4 Å². The summed E-state index contributed by atoms with van der Waals surface area (Å²) in [5.74, 6) is 5.17. The number of nitrogens with one attached hydrogen (secondary N) is 3. The second-order valence-corrected chi connectivity index (χ2v) is 15.2. The lowest BCUT2D eigenvalue weighted by Crippen LogP contribution is -2.38. The first-order valence-electron chi connectivity index (χ1n) is 20.7. The highest BCUT2D eigenvalue weighted by Gasteiger charge is 2.20. The fourth-order valence-electron chi connectivity index (χ4n) is 6.07. The highest BCUT2D eigenvalue weighted by Crippen LogP contribution is 2.30. The molecule has 0 saturated heterocycles. The monoisotopic (exact) mass is 858 g/mol. The minimum atomic E-state index is -0.380. The number of halogens is 2. The third-order valence-electron chi connectivity index (χ3n) is 9.80. The van der Waals surface area contributed by atoms with Gasteiger partial charge in [-0.25, -0.2) is 9.37 Å². The Morgan fingerprint density at radius 3 is 2.29 bits per heavy atom. The van der Waals surface area contributed by atoms with Gasteiger partial charge in [0.1, 0.15) is 23.9 Å². The molecule has 11 heteroatoms. The van der Waals surface area contributed by atoms with E-state index in [0.717, 1.165) is 24.0 Å². The molecule has 0 bridgehead atoms. The summed E-state index contributed by atoms with van der Waals surface area (Å²) in [5.41, 5.74) is 11.6. The van der Waals surface area contributed by atoms with E-state index in [4.69, 9.17) is 34.9 Å². The molecule has 6 rings (SSSR count). The van der Waals surface area contributed by atoms with Crippen molar-refractivity contribution < 1.29 is 18.7 Å². The van der Waals surface area contributed by atoms with Gasteiger partial charge in [-0.2, -0.15) is 0 Å². The van der Waals surface area contributed by atoms with Crippen LogP contribution in [0.3, 0.4) is 0 Å². The van der Waals surface area contributed by atoms with Crippen LogP contribution in [0.2, 0.25) is 5.02 Å². The topological polar surface area (TPSA) is 122 Å². The van der Waals surface area contributed by atoms with Gasteiger partial charge in [-0.15, -0.1) is 12.8 Å². The number of benzene rings is 4. The average Bonchev–Trinajstić information content (AvgIpc) is 3.70. The zero-order valence-corrected chi connectivity index (χ0v) is 37.0. The first-order valence-corrected chi connectivity index (χ1v) is 21.1. The van der Waals surface area contributed by atoms with Gasteiger partial charge in [0.05, 0.1) is 24.2 Å². The van der Waals surface area contributed by atoms with Gasteiger partial charge in [0.15, 0.2) is 0 Å². The summed E-state index contributed by atoms with van der Waals surface area (Å²) in [4.78, 5) is 28.3. The summed E-state index contributed by atoms with van der Waals surface area (Å²) in [7, 11) is 2.06. The first kappa shape index (κ1) is 50.3. The summed E-state index contributed by atoms with van der Waals surface area (Å²) in [6, 6.07) is 36.7.